The molecule has 2 aromatic rings. The highest BCUT2D eigenvalue weighted by atomic mass is 35.5. The number of carbonyl (C=O) groups excluding carboxylic acids is 1. The van der Waals surface area contributed by atoms with Crippen LogP contribution >= 0.6 is 11.6 Å². The minimum Gasteiger partial charge on any atom is -0.404 e. The Morgan fingerprint density at radius 1 is 1.33 bits per heavy atom. The van der Waals surface area contributed by atoms with Crippen molar-refractivity contribution in [2.45, 2.75) is 51.9 Å². The molecule has 0 aliphatic heterocycles. The summed E-state index contributed by atoms with van der Waals surface area (Å²) in [6, 6.07) is 4.28. The van der Waals surface area contributed by atoms with E-state index in [1.807, 2.05) is 13.8 Å². The van der Waals surface area contributed by atoms with Crippen molar-refractivity contribution in [3.8, 4) is 5.75 Å². The number of benzene rings is 1. The highest BCUT2D eigenvalue weighted by Crippen LogP contribution is 2.36. The van der Waals surface area contributed by atoms with Crippen molar-refractivity contribution < 1.29 is 22.7 Å². The van der Waals surface area contributed by atoms with Crippen molar-refractivity contribution in [3.05, 3.63) is 41.4 Å². The Morgan fingerprint density at radius 3 is 2.63 bits per heavy atom. The van der Waals surface area contributed by atoms with Gasteiger partial charge in [-0.15, -0.1) is 13.2 Å². The maximum atomic E-state index is 12.4. The van der Waals surface area contributed by atoms with E-state index >= 15 is 0 Å². The Morgan fingerprint density at radius 2 is 2.07 bits per heavy atom. The largest absolute Gasteiger partial charge is 0.573 e. The lowest BCUT2D eigenvalue weighted by atomic mass is 9.79. The number of aldehydes is 1. The van der Waals surface area contributed by atoms with Crippen LogP contribution in [0.15, 0.2) is 30.9 Å². The molecule has 0 saturated heterocycles. The molecule has 0 aliphatic carbocycles. The number of rotatable bonds is 9. The van der Waals surface area contributed by atoms with Crippen LogP contribution in [-0.2, 0) is 11.2 Å². The minimum atomic E-state index is -4.78. The second-order valence-electron chi connectivity index (χ2n) is 7.13. The molecule has 148 valence electrons. The van der Waals surface area contributed by atoms with Crippen molar-refractivity contribution in [1.82, 2.24) is 14.8 Å². The lowest BCUT2D eigenvalue weighted by Gasteiger charge is -2.30. The van der Waals surface area contributed by atoms with Gasteiger partial charge in [0.2, 0.25) is 0 Å². The SMILES string of the molecule is CC(C)(Cc1ccc(OC(F)(F)F)c(Cl)c1)CC(CCC=O)n1cncn1. The predicted octanol–water partition coefficient (Wildman–Crippen LogP) is 5.01. The fraction of sp³-hybridized carbons (Fsp3) is 0.500. The topological polar surface area (TPSA) is 57.0 Å². The minimum absolute atomic E-state index is 0.00370. The molecular formula is C18H21ClF3N3O2. The molecular weight excluding hydrogens is 383 g/mol. The predicted molar refractivity (Wildman–Crippen MR) is 94.6 cm³/mol. The first-order valence-corrected chi connectivity index (χ1v) is 8.79. The third kappa shape index (κ3) is 6.86. The third-order valence-corrected chi connectivity index (χ3v) is 4.42. The normalized spacial score (nSPS) is 13.4. The number of carbonyl (C=O) groups is 1. The van der Waals surface area contributed by atoms with Crippen LogP contribution < -0.4 is 4.74 Å². The van der Waals surface area contributed by atoms with Crippen molar-refractivity contribution in [2.75, 3.05) is 0 Å². The molecule has 27 heavy (non-hydrogen) atoms. The van der Waals surface area contributed by atoms with Gasteiger partial charge in [-0.25, -0.2) is 9.67 Å². The van der Waals surface area contributed by atoms with Crippen LogP contribution in [0.1, 0.15) is 44.7 Å². The quantitative estimate of drug-likeness (QED) is 0.552. The van der Waals surface area contributed by atoms with Gasteiger partial charge in [0.1, 0.15) is 24.7 Å². The molecule has 0 fully saturated rings. The fourth-order valence-corrected chi connectivity index (χ4v) is 3.36. The van der Waals surface area contributed by atoms with Gasteiger partial charge in [0.05, 0.1) is 11.1 Å². The van der Waals surface area contributed by atoms with E-state index in [-0.39, 0.29) is 16.5 Å². The summed E-state index contributed by atoms with van der Waals surface area (Å²) >= 11 is 5.93. The zero-order valence-electron chi connectivity index (χ0n) is 15.0. The molecule has 0 N–H and O–H groups in total. The molecule has 1 atom stereocenters. The maximum Gasteiger partial charge on any atom is 0.573 e. The van der Waals surface area contributed by atoms with Gasteiger partial charge in [0, 0.05) is 6.42 Å². The van der Waals surface area contributed by atoms with Crippen LogP contribution in [0.4, 0.5) is 13.2 Å². The molecule has 9 heteroatoms. The summed E-state index contributed by atoms with van der Waals surface area (Å²) in [6.07, 6.45) is 1.50. The third-order valence-electron chi connectivity index (χ3n) is 4.12. The van der Waals surface area contributed by atoms with Gasteiger partial charge in [0.25, 0.3) is 0 Å². The van der Waals surface area contributed by atoms with Crippen molar-refractivity contribution in [2.24, 2.45) is 5.41 Å². The number of aromatic nitrogens is 3. The first kappa shape index (κ1) is 21.2. The van der Waals surface area contributed by atoms with E-state index < -0.39 is 12.1 Å². The monoisotopic (exact) mass is 403 g/mol. The molecule has 0 amide bonds. The highest BCUT2D eigenvalue weighted by Gasteiger charge is 2.32. The average molecular weight is 404 g/mol. The first-order chi connectivity index (χ1) is 12.6. The molecule has 1 aromatic heterocycles. The van der Waals surface area contributed by atoms with Gasteiger partial charge in [-0.05, 0) is 42.4 Å². The van der Waals surface area contributed by atoms with Crippen LogP contribution in [0.25, 0.3) is 0 Å². The summed E-state index contributed by atoms with van der Waals surface area (Å²) in [7, 11) is 0. The lowest BCUT2D eigenvalue weighted by Crippen LogP contribution is -2.23. The number of ether oxygens (including phenoxy) is 1. The standard InChI is InChI=1S/C18H21ClF3N3O2/c1-17(2,10-14(4-3-7-26)25-12-23-11-24-25)9-13-5-6-16(15(19)8-13)27-18(20,21)22/h5-8,11-12,14H,3-4,9-10H2,1-2H3. The number of halogens is 4. The van der Waals surface area contributed by atoms with E-state index in [0.717, 1.165) is 11.8 Å². The Bertz CT molecular complexity index is 749. The zero-order valence-corrected chi connectivity index (χ0v) is 15.8. The van der Waals surface area contributed by atoms with E-state index in [9.17, 15) is 18.0 Å². The Kier molecular flexibility index (Phi) is 6.86. The summed E-state index contributed by atoms with van der Waals surface area (Å²) in [4.78, 5) is 14.7. The van der Waals surface area contributed by atoms with Crippen LogP contribution in [-0.4, -0.2) is 27.4 Å². The molecule has 1 heterocycles. The number of nitrogens with zero attached hydrogens (tertiary/aromatic N) is 3. The van der Waals surface area contributed by atoms with Crippen LogP contribution in [0.3, 0.4) is 0 Å². The molecule has 0 radical (unpaired) electrons. The Hall–Kier alpha value is -2.09. The van der Waals surface area contributed by atoms with Crippen molar-refractivity contribution in [1.29, 1.82) is 0 Å². The van der Waals surface area contributed by atoms with Gasteiger partial charge in [-0.2, -0.15) is 5.10 Å². The van der Waals surface area contributed by atoms with Gasteiger partial charge in [-0.1, -0.05) is 31.5 Å². The molecule has 0 aliphatic rings. The highest BCUT2D eigenvalue weighted by molar-refractivity contribution is 6.32. The number of alkyl halides is 3. The van der Waals surface area contributed by atoms with Gasteiger partial charge in [0.15, 0.2) is 0 Å². The van der Waals surface area contributed by atoms with E-state index in [4.69, 9.17) is 11.6 Å². The van der Waals surface area contributed by atoms with Crippen molar-refractivity contribution in [3.63, 3.8) is 0 Å². The average Bonchev–Trinajstić information content (AvgIpc) is 3.07. The summed E-state index contributed by atoms with van der Waals surface area (Å²) in [5.74, 6) is -0.419. The summed E-state index contributed by atoms with van der Waals surface area (Å²) in [5.41, 5.74) is 0.585. The van der Waals surface area contributed by atoms with Crippen LogP contribution in [0, 0.1) is 5.41 Å². The van der Waals surface area contributed by atoms with Gasteiger partial charge in [-0.3, -0.25) is 0 Å². The lowest BCUT2D eigenvalue weighted by molar-refractivity contribution is -0.274. The Balaban J connectivity index is 2.09. The summed E-state index contributed by atoms with van der Waals surface area (Å²) in [5, 5.41) is 4.08. The van der Waals surface area contributed by atoms with Crippen molar-refractivity contribution >= 4 is 17.9 Å². The Labute approximate surface area is 160 Å². The van der Waals surface area contributed by atoms with Gasteiger partial charge < -0.3 is 9.53 Å². The first-order valence-electron chi connectivity index (χ1n) is 8.41. The second kappa shape index (κ2) is 8.73. The molecule has 1 aromatic carbocycles. The van der Waals surface area contributed by atoms with E-state index in [0.29, 0.717) is 25.7 Å². The second-order valence-corrected chi connectivity index (χ2v) is 7.54. The van der Waals surface area contributed by atoms with E-state index in [2.05, 4.69) is 14.8 Å². The molecule has 1 unspecified atom stereocenters. The maximum absolute atomic E-state index is 12.4. The van der Waals surface area contributed by atoms with Gasteiger partial charge >= 0.3 is 6.36 Å². The molecule has 0 bridgehead atoms. The molecule has 0 spiro atoms. The molecule has 2 rings (SSSR count). The smallest absolute Gasteiger partial charge is 0.404 e. The van der Waals surface area contributed by atoms with E-state index in [1.165, 1.54) is 18.5 Å². The zero-order chi connectivity index (χ0) is 20.1. The summed E-state index contributed by atoms with van der Waals surface area (Å²) in [6.45, 7) is 4.09. The number of hydrogen-bond donors (Lipinski definition) is 0. The summed E-state index contributed by atoms with van der Waals surface area (Å²) < 4.78 is 42.7. The van der Waals surface area contributed by atoms with Crippen LogP contribution in [0.2, 0.25) is 5.02 Å². The van der Waals surface area contributed by atoms with E-state index in [1.54, 1.807) is 17.1 Å². The van der Waals surface area contributed by atoms with Crippen LogP contribution in [0.5, 0.6) is 5.75 Å². The molecule has 0 saturated carbocycles. The number of hydrogen-bond acceptors (Lipinski definition) is 4. The molecule has 5 nitrogen and oxygen atoms in total. The fourth-order valence-electron chi connectivity index (χ4n) is 3.12.